The molecule has 8 nitrogen and oxygen atoms in total. The highest BCUT2D eigenvalue weighted by Gasteiger charge is 2.14. The van der Waals surface area contributed by atoms with Crippen molar-refractivity contribution in [3.05, 3.63) is 35.9 Å². The van der Waals surface area contributed by atoms with Crippen molar-refractivity contribution in [2.75, 3.05) is 13.7 Å². The highest BCUT2D eigenvalue weighted by Crippen LogP contribution is 2.30. The number of ether oxygens (including phenoxy) is 3. The van der Waals surface area contributed by atoms with Gasteiger partial charge < -0.3 is 19.3 Å². The van der Waals surface area contributed by atoms with Crippen LogP contribution >= 0.6 is 0 Å². The van der Waals surface area contributed by atoms with Crippen LogP contribution in [-0.4, -0.2) is 43.0 Å². The number of carbonyl (C=O) groups is 4. The van der Waals surface area contributed by atoms with Crippen molar-refractivity contribution in [1.29, 1.82) is 0 Å². The topological polar surface area (TPSA) is 116 Å². The van der Waals surface area contributed by atoms with Gasteiger partial charge in [0.1, 0.15) is 0 Å². The highest BCUT2D eigenvalue weighted by molar-refractivity contribution is 5.90. The molecule has 0 aliphatic heterocycles. The van der Waals surface area contributed by atoms with Crippen LogP contribution in [0.4, 0.5) is 0 Å². The van der Waals surface area contributed by atoms with E-state index in [9.17, 15) is 19.2 Å². The van der Waals surface area contributed by atoms with Gasteiger partial charge in [0, 0.05) is 18.6 Å². The molecule has 1 aromatic carbocycles. The number of hydrogen-bond donors (Lipinski definition) is 1. The molecule has 0 amide bonds. The zero-order valence-corrected chi connectivity index (χ0v) is 13.6. The SMILES string of the molecule is COc1cccc(C=O)c1OC(=O)CCCCOC(=O)/C=C/C(=O)O. The molecule has 8 heteroatoms. The fourth-order valence-electron chi connectivity index (χ4n) is 1.79. The average molecular weight is 350 g/mol. The Morgan fingerprint density at radius 3 is 2.56 bits per heavy atom. The lowest BCUT2D eigenvalue weighted by Gasteiger charge is -2.11. The van der Waals surface area contributed by atoms with Gasteiger partial charge in [0.25, 0.3) is 0 Å². The average Bonchev–Trinajstić information content (AvgIpc) is 2.59. The van der Waals surface area contributed by atoms with E-state index in [4.69, 9.17) is 19.3 Å². The number of para-hydroxylation sites is 1. The van der Waals surface area contributed by atoms with Crippen LogP contribution in [0.5, 0.6) is 11.5 Å². The fourth-order valence-corrected chi connectivity index (χ4v) is 1.79. The number of hydrogen-bond acceptors (Lipinski definition) is 7. The van der Waals surface area contributed by atoms with Gasteiger partial charge in [-0.1, -0.05) is 6.07 Å². The molecule has 0 aliphatic rings. The van der Waals surface area contributed by atoms with Gasteiger partial charge in [-0.3, -0.25) is 9.59 Å². The van der Waals surface area contributed by atoms with Crippen molar-refractivity contribution in [2.24, 2.45) is 0 Å². The number of benzene rings is 1. The second-order valence-corrected chi connectivity index (χ2v) is 4.77. The Morgan fingerprint density at radius 2 is 1.92 bits per heavy atom. The summed E-state index contributed by atoms with van der Waals surface area (Å²) in [5.41, 5.74) is 0.201. The van der Waals surface area contributed by atoms with E-state index in [-0.39, 0.29) is 30.1 Å². The van der Waals surface area contributed by atoms with Crippen LogP contribution in [-0.2, 0) is 19.1 Å². The summed E-state index contributed by atoms with van der Waals surface area (Å²) in [7, 11) is 1.40. The molecule has 0 spiro atoms. The second kappa shape index (κ2) is 10.6. The lowest BCUT2D eigenvalue weighted by Crippen LogP contribution is -2.11. The highest BCUT2D eigenvalue weighted by atomic mass is 16.6. The second-order valence-electron chi connectivity index (χ2n) is 4.77. The van der Waals surface area contributed by atoms with Crippen LogP contribution in [0.2, 0.25) is 0 Å². The summed E-state index contributed by atoms with van der Waals surface area (Å²) in [5, 5.41) is 8.35. The number of aldehydes is 1. The molecule has 0 aromatic heterocycles. The molecule has 0 saturated carbocycles. The lowest BCUT2D eigenvalue weighted by molar-refractivity contribution is -0.139. The summed E-state index contributed by atoms with van der Waals surface area (Å²) in [4.78, 5) is 44.2. The quantitative estimate of drug-likeness (QED) is 0.223. The molecule has 134 valence electrons. The Morgan fingerprint density at radius 1 is 1.16 bits per heavy atom. The van der Waals surface area contributed by atoms with E-state index in [1.165, 1.54) is 13.2 Å². The Kier molecular flexibility index (Phi) is 8.42. The van der Waals surface area contributed by atoms with E-state index >= 15 is 0 Å². The van der Waals surface area contributed by atoms with Crippen LogP contribution < -0.4 is 9.47 Å². The van der Waals surface area contributed by atoms with Crippen molar-refractivity contribution < 1.29 is 38.5 Å². The van der Waals surface area contributed by atoms with Crippen molar-refractivity contribution in [3.63, 3.8) is 0 Å². The monoisotopic (exact) mass is 350 g/mol. The molecule has 0 heterocycles. The molecule has 0 aliphatic carbocycles. The molecule has 0 unspecified atom stereocenters. The van der Waals surface area contributed by atoms with Gasteiger partial charge in [-0.15, -0.1) is 0 Å². The number of aliphatic carboxylic acids is 1. The molecule has 0 saturated heterocycles. The van der Waals surface area contributed by atoms with E-state index in [1.54, 1.807) is 12.1 Å². The summed E-state index contributed by atoms with van der Waals surface area (Å²) in [6, 6.07) is 4.68. The third kappa shape index (κ3) is 7.30. The van der Waals surface area contributed by atoms with Gasteiger partial charge in [-0.05, 0) is 25.0 Å². The molecule has 0 radical (unpaired) electrons. The summed E-state index contributed by atoms with van der Waals surface area (Å²) >= 11 is 0. The van der Waals surface area contributed by atoms with E-state index in [0.29, 0.717) is 25.2 Å². The predicted octanol–water partition coefficient (Wildman–Crippen LogP) is 1.77. The smallest absolute Gasteiger partial charge is 0.331 e. The predicted molar refractivity (Wildman–Crippen MR) is 85.6 cm³/mol. The molecular formula is C17H18O8. The first-order chi connectivity index (χ1) is 12.0. The standard InChI is InChI=1S/C17H18O8/c1-23-13-6-4-5-12(11-18)17(13)25-16(22)7-2-3-10-24-15(21)9-8-14(19)20/h4-6,8-9,11H,2-3,7,10H2,1H3,(H,19,20)/b9-8+. The van der Waals surface area contributed by atoms with Crippen LogP contribution in [0.15, 0.2) is 30.4 Å². The van der Waals surface area contributed by atoms with Gasteiger partial charge >= 0.3 is 17.9 Å². The number of methoxy groups -OCH3 is 1. The van der Waals surface area contributed by atoms with Gasteiger partial charge in [0.05, 0.1) is 19.3 Å². The first kappa shape index (κ1) is 19.9. The van der Waals surface area contributed by atoms with Crippen molar-refractivity contribution in [1.82, 2.24) is 0 Å². The molecular weight excluding hydrogens is 332 g/mol. The molecule has 0 bridgehead atoms. The van der Waals surface area contributed by atoms with Crippen molar-refractivity contribution in [2.45, 2.75) is 19.3 Å². The summed E-state index contributed by atoms with van der Waals surface area (Å²) in [6.07, 6.45) is 2.89. The molecule has 1 N–H and O–H groups in total. The van der Waals surface area contributed by atoms with Gasteiger partial charge in [0.15, 0.2) is 17.8 Å². The van der Waals surface area contributed by atoms with Gasteiger partial charge in [0.2, 0.25) is 0 Å². The minimum Gasteiger partial charge on any atom is -0.493 e. The fraction of sp³-hybridized carbons (Fsp3) is 0.294. The van der Waals surface area contributed by atoms with Crippen molar-refractivity contribution in [3.8, 4) is 11.5 Å². The minimum absolute atomic E-state index is 0.0460. The maximum absolute atomic E-state index is 11.8. The minimum atomic E-state index is -1.24. The summed E-state index contributed by atoms with van der Waals surface area (Å²) in [5.74, 6) is -2.22. The molecule has 1 rings (SSSR count). The molecule has 25 heavy (non-hydrogen) atoms. The normalized spacial score (nSPS) is 10.3. The van der Waals surface area contributed by atoms with E-state index in [0.717, 1.165) is 6.08 Å². The van der Waals surface area contributed by atoms with Gasteiger partial charge in [-0.2, -0.15) is 0 Å². The lowest BCUT2D eigenvalue weighted by atomic mass is 10.2. The Balaban J connectivity index is 2.38. The van der Waals surface area contributed by atoms with Crippen LogP contribution in [0.1, 0.15) is 29.6 Å². The largest absolute Gasteiger partial charge is 0.493 e. The number of carboxylic acid groups (broad SMARTS) is 1. The third-order valence-corrected chi connectivity index (χ3v) is 2.95. The first-order valence-corrected chi connectivity index (χ1v) is 7.38. The number of unbranched alkanes of at least 4 members (excludes halogenated alkanes) is 1. The first-order valence-electron chi connectivity index (χ1n) is 7.38. The Hall–Kier alpha value is -3.16. The van der Waals surface area contributed by atoms with E-state index in [1.807, 2.05) is 0 Å². The number of carbonyl (C=O) groups excluding carboxylic acids is 3. The maximum Gasteiger partial charge on any atom is 0.331 e. The molecule has 1 aromatic rings. The molecule has 0 fully saturated rings. The Labute approximate surface area is 144 Å². The van der Waals surface area contributed by atoms with Gasteiger partial charge in [-0.25, -0.2) is 9.59 Å². The summed E-state index contributed by atoms with van der Waals surface area (Å²) < 4.78 is 15.0. The summed E-state index contributed by atoms with van der Waals surface area (Å²) in [6.45, 7) is 0.0460. The number of carboxylic acids is 1. The Bertz CT molecular complexity index is 663. The maximum atomic E-state index is 11.8. The van der Waals surface area contributed by atoms with Crippen LogP contribution in [0.25, 0.3) is 0 Å². The van der Waals surface area contributed by atoms with Crippen molar-refractivity contribution >= 4 is 24.2 Å². The van der Waals surface area contributed by atoms with Crippen LogP contribution in [0, 0.1) is 0 Å². The van der Waals surface area contributed by atoms with Crippen LogP contribution in [0.3, 0.4) is 0 Å². The van der Waals surface area contributed by atoms with E-state index in [2.05, 4.69) is 0 Å². The molecule has 0 atom stereocenters. The zero-order chi connectivity index (χ0) is 18.7. The zero-order valence-electron chi connectivity index (χ0n) is 13.6. The third-order valence-electron chi connectivity index (χ3n) is 2.95. The van der Waals surface area contributed by atoms with E-state index < -0.39 is 17.9 Å². The number of rotatable bonds is 10. The number of esters is 2.